The van der Waals surface area contributed by atoms with Gasteiger partial charge in [0.1, 0.15) is 0 Å². The fraction of sp³-hybridized carbons (Fsp3) is 0. The molecule has 0 bridgehead atoms. The third-order valence-corrected chi connectivity index (χ3v) is 0. The molecule has 0 aliphatic carbocycles. The van der Waals surface area contributed by atoms with Crippen LogP contribution in [0.5, 0.6) is 0 Å². The molecule has 0 aliphatic heterocycles. The summed E-state index contributed by atoms with van der Waals surface area (Å²) < 4.78 is 0. The van der Waals surface area contributed by atoms with E-state index in [0.717, 1.165) is 0 Å². The Bertz CT molecular complexity index is 15.5. The van der Waals surface area contributed by atoms with E-state index in [9.17, 15) is 0 Å². The minimum atomic E-state index is 0. The number of hydrogen-bond acceptors (Lipinski definition) is 1. The summed E-state index contributed by atoms with van der Waals surface area (Å²) in [6.07, 6.45) is 0. The van der Waals surface area contributed by atoms with Crippen LogP contribution in [0.15, 0.2) is 0 Å². The summed E-state index contributed by atoms with van der Waals surface area (Å²) in [5.74, 6) is 0. The number of carbonyl (C=O) groups is 1. The molecule has 0 amide bonds. The van der Waals surface area contributed by atoms with Gasteiger partial charge in [0.15, 0.2) is 0 Å². The van der Waals surface area contributed by atoms with Crippen LogP contribution < -0.4 is 0 Å². The van der Waals surface area contributed by atoms with E-state index in [1.54, 1.807) is 0 Å². The molecule has 1 unspecified atom stereocenters. The molecular weight excluding hydrogens is 118 g/mol. The first-order valence-corrected chi connectivity index (χ1v) is 1.03. The molecule has 0 rings (SSSR count). The van der Waals surface area contributed by atoms with Gasteiger partial charge in [-0.25, -0.2) is 0 Å². The van der Waals surface area contributed by atoms with Crippen LogP contribution in [0.25, 0.3) is 0 Å². The van der Waals surface area contributed by atoms with Crippen molar-refractivity contribution >= 4 is 15.1 Å². The average molecular weight is 122 g/mol. The second kappa shape index (κ2) is 9.49. The van der Waals surface area contributed by atoms with Gasteiger partial charge in [-0.05, 0) is 0 Å². The van der Waals surface area contributed by atoms with E-state index in [2.05, 4.69) is 15.7 Å². The van der Waals surface area contributed by atoms with Crippen LogP contribution in [0.2, 0.25) is 0 Å². The van der Waals surface area contributed by atoms with E-state index in [1.165, 1.54) is 0 Å². The van der Waals surface area contributed by atoms with Gasteiger partial charge in [0, 0.05) is 0 Å². The van der Waals surface area contributed by atoms with Crippen molar-refractivity contribution in [3.8, 4) is 0 Å². The Hall–Kier alpha value is 0.606. The summed E-state index contributed by atoms with van der Waals surface area (Å²) >= 11 is 3.15. The molecule has 0 aromatic heterocycles. The molecule has 0 radical (unpaired) electrons. The first-order chi connectivity index (χ1) is 1.41. The monoisotopic (exact) mass is 122 g/mol. The fourth-order valence-electron chi connectivity index (χ4n) is 0. The van der Waals surface area contributed by atoms with Gasteiger partial charge in [-0.1, -0.05) is 0 Å². The molecule has 1 nitrogen and oxygen atoms in total. The molecule has 0 aromatic rings. The Morgan fingerprint density at radius 3 is 1.75 bits per heavy atom. The zero-order chi connectivity index (χ0) is 2.71. The van der Waals surface area contributed by atoms with E-state index in [-0.39, 0.29) is 9.90 Å². The fourth-order valence-corrected chi connectivity index (χ4v) is 0. The molecule has 0 saturated carbocycles. The van der Waals surface area contributed by atoms with Crippen molar-refractivity contribution in [1.29, 1.82) is 0 Å². The van der Waals surface area contributed by atoms with E-state index >= 15 is 0 Å². The minimum absolute atomic E-state index is 0. The van der Waals surface area contributed by atoms with Crippen LogP contribution >= 0.6 is 9.90 Å². The number of hydrogen-bond donors (Lipinski definition) is 0. The topological polar surface area (TPSA) is 17.1 Å². The van der Waals surface area contributed by atoms with Gasteiger partial charge in [-0.15, -0.1) is 0 Å². The normalized spacial score (nSPS) is 3.50. The first kappa shape index (κ1) is 8.82. The Labute approximate surface area is 36.4 Å². The maximum absolute atomic E-state index is 8.67. The first-order valence-electron chi connectivity index (χ1n) is 0.428. The molecule has 0 heterocycles. The second-order valence-corrected chi connectivity index (χ2v) is 0.324. The van der Waals surface area contributed by atoms with Gasteiger partial charge in [0.05, 0.1) is 0 Å². The Balaban J connectivity index is 0. The second-order valence-electron chi connectivity index (χ2n) is 0.0786. The minimum Gasteiger partial charge on any atom is -0.153 e. The van der Waals surface area contributed by atoms with Crippen molar-refractivity contribution in [1.82, 2.24) is 0 Å². The Kier molecular flexibility index (Phi) is 20.9. The molecule has 0 fully saturated rings. The standard InChI is InChI=1S/CHO.Co.H3P/c1-2;;/h1H;;1H3. The summed E-state index contributed by atoms with van der Waals surface area (Å²) in [5, 5.41) is 0.438. The Morgan fingerprint density at radius 2 is 1.75 bits per heavy atom. The quantitative estimate of drug-likeness (QED) is 0.320. The summed E-state index contributed by atoms with van der Waals surface area (Å²) in [6.45, 7) is 0. The maximum atomic E-state index is 8.67. The SMILES string of the molecule is O=[CH][Co].P. The van der Waals surface area contributed by atoms with Gasteiger partial charge in [-0.3, -0.25) is 0 Å². The van der Waals surface area contributed by atoms with E-state index in [4.69, 9.17) is 4.79 Å². The maximum Gasteiger partial charge on any atom is -0.153 e. The molecule has 4 heavy (non-hydrogen) atoms. The van der Waals surface area contributed by atoms with Crippen molar-refractivity contribution in [2.75, 3.05) is 0 Å². The van der Waals surface area contributed by atoms with Gasteiger partial charge >= 0.3 is 25.8 Å². The van der Waals surface area contributed by atoms with Crippen LogP contribution in [0.3, 0.4) is 0 Å². The average Bonchev–Trinajstić information content (AvgIpc) is 0.918. The number of rotatable bonds is 0. The van der Waals surface area contributed by atoms with Gasteiger partial charge in [-0.2, -0.15) is 9.90 Å². The molecular formula is CH4CoOP. The van der Waals surface area contributed by atoms with Crippen molar-refractivity contribution in [3.05, 3.63) is 0 Å². The van der Waals surface area contributed by atoms with E-state index < -0.39 is 0 Å². The summed E-state index contributed by atoms with van der Waals surface area (Å²) in [4.78, 5) is 8.67. The smallest absolute Gasteiger partial charge is 0.153 e. The molecule has 0 aliphatic rings. The van der Waals surface area contributed by atoms with E-state index in [1.807, 2.05) is 0 Å². The molecule has 0 spiro atoms. The van der Waals surface area contributed by atoms with Crippen molar-refractivity contribution in [2.45, 2.75) is 0 Å². The largest absolute Gasteiger partial charge is 0.153 e. The summed E-state index contributed by atoms with van der Waals surface area (Å²) in [7, 11) is 0. The Morgan fingerprint density at radius 1 is 1.75 bits per heavy atom. The van der Waals surface area contributed by atoms with E-state index in [0.29, 0.717) is 5.22 Å². The van der Waals surface area contributed by atoms with Gasteiger partial charge in [0.25, 0.3) is 0 Å². The van der Waals surface area contributed by atoms with Crippen molar-refractivity contribution < 1.29 is 20.5 Å². The molecule has 1 atom stereocenters. The zero-order valence-electron chi connectivity index (χ0n) is 2.03. The van der Waals surface area contributed by atoms with Crippen LogP contribution in [0.4, 0.5) is 0 Å². The summed E-state index contributed by atoms with van der Waals surface area (Å²) in [5.41, 5.74) is 0. The molecule has 0 aromatic carbocycles. The van der Waals surface area contributed by atoms with Gasteiger partial charge < -0.3 is 0 Å². The van der Waals surface area contributed by atoms with Crippen molar-refractivity contribution in [2.24, 2.45) is 0 Å². The van der Waals surface area contributed by atoms with Crippen molar-refractivity contribution in [3.63, 3.8) is 0 Å². The molecule has 3 heteroatoms. The zero-order valence-corrected chi connectivity index (χ0v) is 4.48. The number of carbonyl (C=O) groups excluding carboxylic acids is 1. The van der Waals surface area contributed by atoms with Crippen LogP contribution in [-0.2, 0) is 20.5 Å². The molecule has 28 valence electrons. The van der Waals surface area contributed by atoms with Gasteiger partial charge in [0.2, 0.25) is 0 Å². The molecule has 0 saturated heterocycles. The van der Waals surface area contributed by atoms with Crippen LogP contribution in [0, 0.1) is 0 Å². The summed E-state index contributed by atoms with van der Waals surface area (Å²) in [6, 6.07) is 0. The molecule has 0 N–H and O–H groups in total. The predicted octanol–water partition coefficient (Wildman–Crippen LogP) is -0.218. The predicted molar refractivity (Wildman–Crippen MR) is 17.9 cm³/mol. The third-order valence-electron chi connectivity index (χ3n) is 0. The van der Waals surface area contributed by atoms with Crippen LogP contribution in [-0.4, -0.2) is 5.22 Å². The third kappa shape index (κ3) is 18.3. The van der Waals surface area contributed by atoms with Crippen LogP contribution in [0.1, 0.15) is 0 Å².